The Balaban J connectivity index is 3.34. The van der Waals surface area contributed by atoms with Crippen LogP contribution in [0.5, 0.6) is 0 Å². The minimum atomic E-state index is -0.683. The van der Waals surface area contributed by atoms with Crippen molar-refractivity contribution in [2.75, 3.05) is 0 Å². The lowest BCUT2D eigenvalue weighted by Gasteiger charge is -1.99. The molecular weight excluding hydrogens is 258 g/mol. The Morgan fingerprint density at radius 1 is 1.17 bits per heavy atom. The quantitative estimate of drug-likeness (QED) is 0.546. The van der Waals surface area contributed by atoms with Gasteiger partial charge in [0.15, 0.2) is 0 Å². The first-order chi connectivity index (χ1) is 8.47. The smallest absolute Gasteiger partial charge is 0.299 e. The first-order valence-electron chi connectivity index (χ1n) is 5.05. The Kier molecular flexibility index (Phi) is 2.96. The van der Waals surface area contributed by atoms with Crippen molar-refractivity contribution in [3.8, 4) is 0 Å². The molecule has 1 aromatic carbocycles. The van der Waals surface area contributed by atoms with E-state index >= 15 is 0 Å². The Hall–Kier alpha value is -2.08. The molecule has 0 amide bonds. The summed E-state index contributed by atoms with van der Waals surface area (Å²) in [6, 6.07) is 4.65. The molecular formula is C11H10ClN3O3. The third kappa shape index (κ3) is 1.70. The Morgan fingerprint density at radius 3 is 2.44 bits per heavy atom. The molecule has 7 heteroatoms. The maximum Gasteiger partial charge on any atom is 0.299 e. The lowest BCUT2D eigenvalue weighted by Crippen LogP contribution is -2.40. The maximum atomic E-state index is 12.1. The van der Waals surface area contributed by atoms with E-state index in [1.807, 2.05) is 0 Å². The average Bonchev–Trinajstić information content (AvgIpc) is 2.42. The Bertz CT molecular complexity index is 820. The van der Waals surface area contributed by atoms with Crippen molar-refractivity contribution >= 4 is 22.5 Å². The maximum absolute atomic E-state index is 12.1. The Labute approximate surface area is 106 Å². The van der Waals surface area contributed by atoms with Gasteiger partial charge in [0.05, 0.1) is 10.9 Å². The van der Waals surface area contributed by atoms with E-state index in [4.69, 9.17) is 16.8 Å². The molecule has 94 valence electrons. The zero-order valence-corrected chi connectivity index (χ0v) is 10.5. The van der Waals surface area contributed by atoms with Crippen LogP contribution >= 0.6 is 11.6 Å². The second kappa shape index (κ2) is 4.30. The normalized spacial score (nSPS) is 12.1. The second-order valence-corrected chi connectivity index (χ2v) is 4.25. The molecule has 2 rings (SSSR count). The third-order valence-electron chi connectivity index (χ3n) is 2.76. The highest BCUT2D eigenvalue weighted by molar-refractivity contribution is 6.31. The lowest BCUT2D eigenvalue weighted by atomic mass is 10.2. The van der Waals surface area contributed by atoms with Gasteiger partial charge in [0.2, 0.25) is 5.49 Å². The van der Waals surface area contributed by atoms with E-state index in [9.17, 15) is 9.59 Å². The SMILES string of the molecule is Cn1c(=O)c(=NO)n(C)c2ccc(Cl)cc2c1=O. The fourth-order valence-electron chi connectivity index (χ4n) is 1.76. The van der Waals surface area contributed by atoms with Crippen molar-refractivity contribution in [2.24, 2.45) is 19.3 Å². The van der Waals surface area contributed by atoms with Crippen LogP contribution in [0.1, 0.15) is 0 Å². The molecule has 18 heavy (non-hydrogen) atoms. The number of aromatic nitrogens is 2. The van der Waals surface area contributed by atoms with Gasteiger partial charge >= 0.3 is 0 Å². The van der Waals surface area contributed by atoms with Crippen LogP contribution in [0.3, 0.4) is 0 Å². The molecule has 0 aliphatic rings. The molecule has 0 saturated carbocycles. The fourth-order valence-corrected chi connectivity index (χ4v) is 1.93. The van der Waals surface area contributed by atoms with Crippen molar-refractivity contribution in [3.05, 3.63) is 49.4 Å². The van der Waals surface area contributed by atoms with Crippen LogP contribution < -0.4 is 16.6 Å². The van der Waals surface area contributed by atoms with E-state index in [2.05, 4.69) is 5.16 Å². The van der Waals surface area contributed by atoms with Gasteiger partial charge in [0.1, 0.15) is 0 Å². The summed E-state index contributed by atoms with van der Waals surface area (Å²) in [5.41, 5.74) is -0.956. The van der Waals surface area contributed by atoms with Gasteiger partial charge in [0.25, 0.3) is 11.1 Å². The largest absolute Gasteiger partial charge is 0.409 e. The van der Waals surface area contributed by atoms with Crippen LogP contribution in [0.2, 0.25) is 5.02 Å². The predicted molar refractivity (Wildman–Crippen MR) is 66.8 cm³/mol. The lowest BCUT2D eigenvalue weighted by molar-refractivity contribution is 0.293. The summed E-state index contributed by atoms with van der Waals surface area (Å²) in [6.45, 7) is 0. The number of benzene rings is 1. The van der Waals surface area contributed by atoms with Crippen molar-refractivity contribution in [2.45, 2.75) is 0 Å². The Morgan fingerprint density at radius 2 is 1.83 bits per heavy atom. The van der Waals surface area contributed by atoms with Gasteiger partial charge in [-0.2, -0.15) is 0 Å². The molecule has 0 aliphatic heterocycles. The van der Waals surface area contributed by atoms with Crippen LogP contribution in [-0.2, 0) is 14.1 Å². The zero-order valence-electron chi connectivity index (χ0n) is 9.72. The minimum Gasteiger partial charge on any atom is -0.409 e. The molecule has 0 spiro atoms. The molecule has 1 aromatic heterocycles. The van der Waals surface area contributed by atoms with Crippen LogP contribution in [-0.4, -0.2) is 14.3 Å². The molecule has 0 bridgehead atoms. The van der Waals surface area contributed by atoms with E-state index in [0.29, 0.717) is 10.5 Å². The van der Waals surface area contributed by atoms with Crippen LogP contribution in [0, 0.1) is 0 Å². The summed E-state index contributed by atoms with van der Waals surface area (Å²) in [5.74, 6) is 0. The van der Waals surface area contributed by atoms with Crippen LogP contribution in [0.25, 0.3) is 10.9 Å². The van der Waals surface area contributed by atoms with Crippen molar-refractivity contribution in [1.82, 2.24) is 9.13 Å². The van der Waals surface area contributed by atoms with Crippen LogP contribution in [0.4, 0.5) is 0 Å². The highest BCUT2D eigenvalue weighted by Gasteiger charge is 2.08. The van der Waals surface area contributed by atoms with Crippen molar-refractivity contribution in [1.29, 1.82) is 0 Å². The van der Waals surface area contributed by atoms with E-state index in [1.165, 1.54) is 24.7 Å². The third-order valence-corrected chi connectivity index (χ3v) is 3.00. The van der Waals surface area contributed by atoms with E-state index < -0.39 is 11.1 Å². The van der Waals surface area contributed by atoms with Gasteiger partial charge in [-0.05, 0) is 18.2 Å². The van der Waals surface area contributed by atoms with Crippen molar-refractivity contribution < 1.29 is 5.21 Å². The summed E-state index contributed by atoms with van der Waals surface area (Å²) in [6.07, 6.45) is 0. The highest BCUT2D eigenvalue weighted by atomic mass is 35.5. The van der Waals surface area contributed by atoms with E-state index in [1.54, 1.807) is 12.1 Å². The van der Waals surface area contributed by atoms with Gasteiger partial charge < -0.3 is 9.77 Å². The highest BCUT2D eigenvalue weighted by Crippen LogP contribution is 2.13. The fraction of sp³-hybridized carbons (Fsp3) is 0.182. The van der Waals surface area contributed by atoms with Gasteiger partial charge in [-0.25, -0.2) is 0 Å². The topological polar surface area (TPSA) is 76.6 Å². The summed E-state index contributed by atoms with van der Waals surface area (Å²) < 4.78 is 2.23. The summed E-state index contributed by atoms with van der Waals surface area (Å²) in [5, 5.41) is 12.5. The minimum absolute atomic E-state index is 0.230. The molecule has 0 aliphatic carbocycles. The summed E-state index contributed by atoms with van der Waals surface area (Å²) in [7, 11) is 2.85. The zero-order chi connectivity index (χ0) is 13.4. The van der Waals surface area contributed by atoms with Gasteiger partial charge in [-0.3, -0.25) is 14.2 Å². The monoisotopic (exact) mass is 267 g/mol. The molecule has 6 nitrogen and oxygen atoms in total. The van der Waals surface area contributed by atoms with Gasteiger partial charge in [-0.15, -0.1) is 0 Å². The molecule has 0 fully saturated rings. The number of rotatable bonds is 0. The van der Waals surface area contributed by atoms with E-state index in [0.717, 1.165) is 4.57 Å². The first-order valence-corrected chi connectivity index (χ1v) is 5.43. The van der Waals surface area contributed by atoms with E-state index in [-0.39, 0.29) is 10.9 Å². The standard InChI is InChI=1S/C11H10ClN3O3/c1-14-8-4-3-6(12)5-7(8)10(16)15(2)11(17)9(14)13-18/h3-5,18H,1-2H3. The van der Waals surface area contributed by atoms with Gasteiger partial charge in [0, 0.05) is 19.1 Å². The molecule has 0 radical (unpaired) electrons. The first kappa shape index (κ1) is 12.4. The molecule has 0 unspecified atom stereocenters. The second-order valence-electron chi connectivity index (χ2n) is 3.81. The summed E-state index contributed by atoms with van der Waals surface area (Å²) in [4.78, 5) is 24.0. The number of fused-ring (bicyclic) bond motifs is 1. The molecule has 1 N–H and O–H groups in total. The molecule has 2 aromatic rings. The molecule has 1 heterocycles. The van der Waals surface area contributed by atoms with Crippen molar-refractivity contribution in [3.63, 3.8) is 0 Å². The molecule has 0 saturated heterocycles. The predicted octanol–water partition coefficient (Wildman–Crippen LogP) is 0.180. The van der Waals surface area contributed by atoms with Crippen LogP contribution in [0.15, 0.2) is 32.9 Å². The number of aryl methyl sites for hydroxylation is 1. The number of nitrogens with zero attached hydrogens (tertiary/aromatic N) is 3. The number of halogens is 1. The summed E-state index contributed by atoms with van der Waals surface area (Å²) >= 11 is 5.84. The molecule has 0 atom stereocenters. The average molecular weight is 268 g/mol. The number of hydrogen-bond acceptors (Lipinski definition) is 4. The van der Waals surface area contributed by atoms with Gasteiger partial charge in [-0.1, -0.05) is 16.8 Å². The number of hydrogen-bond donors (Lipinski definition) is 1.